The number of hydrogen-bond acceptors (Lipinski definition) is 7. The average molecular weight is 349 g/mol. The van der Waals surface area contributed by atoms with Gasteiger partial charge in [-0.2, -0.15) is 4.98 Å². The molecule has 0 aliphatic carbocycles. The van der Waals surface area contributed by atoms with Crippen LogP contribution in [0.1, 0.15) is 36.0 Å². The minimum Gasteiger partial charge on any atom is -0.400 e. The van der Waals surface area contributed by atoms with Gasteiger partial charge < -0.3 is 14.9 Å². The summed E-state index contributed by atoms with van der Waals surface area (Å²) in [6.07, 6.45) is 5.58. The van der Waals surface area contributed by atoms with E-state index in [2.05, 4.69) is 37.3 Å². The monoisotopic (exact) mass is 349 g/mol. The van der Waals surface area contributed by atoms with Gasteiger partial charge in [-0.25, -0.2) is 4.98 Å². The van der Waals surface area contributed by atoms with E-state index >= 15 is 0 Å². The number of aliphatic hydroxyl groups is 1. The zero-order valence-corrected chi connectivity index (χ0v) is 14.4. The molecular weight excluding hydrogens is 330 g/mol. The van der Waals surface area contributed by atoms with E-state index < -0.39 is 0 Å². The molecule has 1 saturated heterocycles. The smallest absolute Gasteiger partial charge is 0.244 e. The highest BCUT2D eigenvalue weighted by atomic mass is 16.5. The van der Waals surface area contributed by atoms with E-state index in [-0.39, 0.29) is 6.04 Å². The summed E-state index contributed by atoms with van der Waals surface area (Å²) < 4.78 is 5.34. The number of nitrogens with zero attached hydrogens (tertiary/aromatic N) is 4. The number of pyridine rings is 2. The lowest BCUT2D eigenvalue weighted by Gasteiger charge is -2.01. The second-order valence-corrected chi connectivity index (χ2v) is 5.50. The highest BCUT2D eigenvalue weighted by Crippen LogP contribution is 2.23. The summed E-state index contributed by atoms with van der Waals surface area (Å²) >= 11 is 0. The molecule has 1 fully saturated rings. The Bertz CT molecular complexity index is 876. The Morgan fingerprint density at radius 3 is 2.77 bits per heavy atom. The number of aromatic nitrogens is 4. The van der Waals surface area contributed by atoms with Crippen molar-refractivity contribution in [3.63, 3.8) is 0 Å². The summed E-state index contributed by atoms with van der Waals surface area (Å²) in [6, 6.07) is 9.54. The van der Waals surface area contributed by atoms with Crippen LogP contribution in [-0.4, -0.2) is 38.9 Å². The summed E-state index contributed by atoms with van der Waals surface area (Å²) in [5.41, 5.74) is 2.21. The van der Waals surface area contributed by atoms with Gasteiger partial charge in [-0.1, -0.05) is 17.1 Å². The quantitative estimate of drug-likeness (QED) is 0.683. The summed E-state index contributed by atoms with van der Waals surface area (Å²) in [6.45, 7) is 0.990. The van der Waals surface area contributed by atoms with Crippen molar-refractivity contribution in [3.05, 3.63) is 59.9 Å². The summed E-state index contributed by atoms with van der Waals surface area (Å²) in [5, 5.41) is 14.4. The molecule has 1 aliphatic heterocycles. The first-order valence-electron chi connectivity index (χ1n) is 8.30. The minimum absolute atomic E-state index is 0.162. The Kier molecular flexibility index (Phi) is 6.04. The van der Waals surface area contributed by atoms with Crippen LogP contribution in [0.4, 0.5) is 0 Å². The molecule has 7 heteroatoms. The van der Waals surface area contributed by atoms with Crippen molar-refractivity contribution < 1.29 is 9.63 Å². The molecule has 0 unspecified atom stereocenters. The Balaban J connectivity index is 0.000000948. The van der Waals surface area contributed by atoms with Crippen molar-refractivity contribution in [2.24, 2.45) is 0 Å². The van der Waals surface area contributed by atoms with Gasteiger partial charge in [0.15, 0.2) is 0 Å². The maximum absolute atomic E-state index is 7.00. The lowest BCUT2D eigenvalue weighted by Crippen LogP contribution is -2.12. The lowest BCUT2D eigenvalue weighted by molar-refractivity contribution is 0.345. The van der Waals surface area contributed by atoms with Gasteiger partial charge in [0.1, 0.15) is 11.4 Å². The van der Waals surface area contributed by atoms with E-state index in [1.165, 1.54) is 0 Å². The van der Waals surface area contributed by atoms with E-state index in [1.54, 1.807) is 12.4 Å². The number of aliphatic hydroxyl groups excluding tert-OH is 1. The molecule has 0 aromatic carbocycles. The van der Waals surface area contributed by atoms with Crippen LogP contribution in [0.5, 0.6) is 0 Å². The second-order valence-electron chi connectivity index (χ2n) is 5.50. The average Bonchev–Trinajstić information content (AvgIpc) is 3.41. The number of nitrogens with one attached hydrogen (secondary N) is 1. The molecule has 0 spiro atoms. The van der Waals surface area contributed by atoms with E-state index in [9.17, 15) is 0 Å². The zero-order chi connectivity index (χ0) is 18.2. The molecule has 0 amide bonds. The largest absolute Gasteiger partial charge is 0.400 e. The number of rotatable bonds is 2. The van der Waals surface area contributed by atoms with Crippen molar-refractivity contribution in [2.45, 2.75) is 18.9 Å². The Morgan fingerprint density at radius 2 is 2.08 bits per heavy atom. The van der Waals surface area contributed by atoms with Crippen LogP contribution in [0, 0.1) is 11.8 Å². The third kappa shape index (κ3) is 4.30. The summed E-state index contributed by atoms with van der Waals surface area (Å²) in [5.74, 6) is 7.17. The molecule has 3 aromatic heterocycles. The van der Waals surface area contributed by atoms with Gasteiger partial charge in [-0.15, -0.1) is 0 Å². The van der Waals surface area contributed by atoms with Crippen LogP contribution >= 0.6 is 0 Å². The fourth-order valence-electron chi connectivity index (χ4n) is 2.55. The van der Waals surface area contributed by atoms with Crippen molar-refractivity contribution in [1.82, 2.24) is 25.4 Å². The van der Waals surface area contributed by atoms with Crippen LogP contribution in [0.25, 0.3) is 11.5 Å². The fraction of sp³-hybridized carbons (Fsp3) is 0.263. The van der Waals surface area contributed by atoms with E-state index in [0.29, 0.717) is 17.4 Å². The van der Waals surface area contributed by atoms with Crippen LogP contribution in [0.15, 0.2) is 47.2 Å². The first-order chi connectivity index (χ1) is 12.9. The Hall–Kier alpha value is -3.08. The van der Waals surface area contributed by atoms with Crippen molar-refractivity contribution in [1.29, 1.82) is 0 Å². The van der Waals surface area contributed by atoms with E-state index in [0.717, 1.165) is 37.8 Å². The van der Waals surface area contributed by atoms with Crippen LogP contribution in [0.3, 0.4) is 0 Å². The topological polar surface area (TPSA) is 97.0 Å². The third-order valence-corrected chi connectivity index (χ3v) is 3.79. The van der Waals surface area contributed by atoms with Crippen molar-refractivity contribution in [2.75, 3.05) is 13.7 Å². The molecule has 0 saturated carbocycles. The Morgan fingerprint density at radius 1 is 1.15 bits per heavy atom. The summed E-state index contributed by atoms with van der Waals surface area (Å²) in [4.78, 5) is 13.0. The van der Waals surface area contributed by atoms with Gasteiger partial charge in [0.05, 0.1) is 6.04 Å². The first kappa shape index (κ1) is 17.7. The lowest BCUT2D eigenvalue weighted by atomic mass is 10.2. The molecule has 0 radical (unpaired) electrons. The number of hydrogen-bond donors (Lipinski definition) is 2. The molecule has 2 N–H and O–H groups in total. The van der Waals surface area contributed by atoms with Crippen LogP contribution in [0.2, 0.25) is 0 Å². The highest BCUT2D eigenvalue weighted by Gasteiger charge is 2.22. The third-order valence-electron chi connectivity index (χ3n) is 3.79. The Labute approximate surface area is 151 Å². The molecule has 3 aromatic rings. The zero-order valence-electron chi connectivity index (χ0n) is 14.4. The molecule has 132 valence electrons. The molecular formula is C19H19N5O2. The van der Waals surface area contributed by atoms with Crippen LogP contribution < -0.4 is 5.32 Å². The maximum atomic E-state index is 7.00. The minimum atomic E-state index is 0.162. The predicted molar refractivity (Wildman–Crippen MR) is 95.9 cm³/mol. The van der Waals surface area contributed by atoms with E-state index in [4.69, 9.17) is 9.63 Å². The summed E-state index contributed by atoms with van der Waals surface area (Å²) in [7, 11) is 1.00. The van der Waals surface area contributed by atoms with Gasteiger partial charge in [-0.3, -0.25) is 4.98 Å². The molecule has 1 aliphatic rings. The van der Waals surface area contributed by atoms with Gasteiger partial charge in [0.25, 0.3) is 0 Å². The molecule has 1 atom stereocenters. The maximum Gasteiger partial charge on any atom is 0.244 e. The van der Waals surface area contributed by atoms with Gasteiger partial charge in [0.2, 0.25) is 11.7 Å². The molecule has 26 heavy (non-hydrogen) atoms. The molecule has 4 rings (SSSR count). The molecule has 4 heterocycles. The molecule has 0 bridgehead atoms. The standard InChI is InChI=1S/C18H15N5O.CH4O/c1-2-10-19-14(4-1)8-6-13-7-9-15(21-12-13)17-22-18(24-23-17)16-5-3-11-20-16;1-2/h1-2,4,7,9-10,12,16,20H,3,5,11H2;2H,1H3/t16-;/m0./s1. The highest BCUT2D eigenvalue weighted by molar-refractivity contribution is 5.50. The van der Waals surface area contributed by atoms with E-state index in [1.807, 2.05) is 30.3 Å². The second kappa shape index (κ2) is 8.85. The normalized spacial score (nSPS) is 15.5. The fourth-order valence-corrected chi connectivity index (χ4v) is 2.55. The SMILES string of the molecule is C(#Cc1ccccn1)c1ccc(-c2noc([C@@H]3CCCN3)n2)nc1.CO. The van der Waals surface area contributed by atoms with Crippen molar-refractivity contribution in [3.8, 4) is 23.4 Å². The van der Waals surface area contributed by atoms with Gasteiger partial charge in [0, 0.05) is 25.1 Å². The van der Waals surface area contributed by atoms with Crippen molar-refractivity contribution >= 4 is 0 Å². The molecule has 7 nitrogen and oxygen atoms in total. The predicted octanol–water partition coefficient (Wildman–Crippen LogP) is 1.96. The van der Waals surface area contributed by atoms with Crippen LogP contribution in [-0.2, 0) is 0 Å². The van der Waals surface area contributed by atoms with Gasteiger partial charge in [-0.05, 0) is 49.6 Å². The first-order valence-corrected chi connectivity index (χ1v) is 8.30. The van der Waals surface area contributed by atoms with Gasteiger partial charge >= 0.3 is 0 Å².